The lowest BCUT2D eigenvalue weighted by Crippen LogP contribution is -2.06. The van der Waals surface area contributed by atoms with Crippen molar-refractivity contribution in [1.82, 2.24) is 0 Å². The van der Waals surface area contributed by atoms with Crippen molar-refractivity contribution in [3.63, 3.8) is 0 Å². The summed E-state index contributed by atoms with van der Waals surface area (Å²) in [6.45, 7) is 3.89. The van der Waals surface area contributed by atoms with Crippen LogP contribution in [0.1, 0.15) is 13.8 Å². The van der Waals surface area contributed by atoms with Crippen LogP contribution in [0.25, 0.3) is 0 Å². The van der Waals surface area contributed by atoms with Crippen LogP contribution in [-0.2, 0) is 9.13 Å². The zero-order valence-electron chi connectivity index (χ0n) is 6.65. The first kappa shape index (κ1) is 17.9. The summed E-state index contributed by atoms with van der Waals surface area (Å²) in [6.07, 6.45) is 0. The Morgan fingerprint density at radius 3 is 1.00 bits per heavy atom. The van der Waals surface area contributed by atoms with E-state index in [0.717, 1.165) is 0 Å². The highest BCUT2D eigenvalue weighted by atomic mass is 31.1. The van der Waals surface area contributed by atoms with E-state index in [1.54, 1.807) is 0 Å². The molecule has 0 amide bonds. The van der Waals surface area contributed by atoms with Crippen LogP contribution < -0.4 is 5.73 Å². The fraction of sp³-hybridized carbons (Fsp3) is 1.00. The standard InChI is InChI=1S/C3H9N.2HO3P/c1-3(2)4;2*1-4(2)3/h3H,4H2,1-2H3;2*(H-,1,2,3)/p+2. The highest BCUT2D eigenvalue weighted by Crippen LogP contribution is 1.98. The van der Waals surface area contributed by atoms with Gasteiger partial charge in [-0.15, -0.1) is 19.6 Å². The lowest BCUT2D eigenvalue weighted by Gasteiger charge is -1.81. The van der Waals surface area contributed by atoms with Crippen molar-refractivity contribution in [3.05, 3.63) is 0 Å². The number of hydrogen-bond donors (Lipinski definition) is 5. The van der Waals surface area contributed by atoms with Crippen molar-refractivity contribution in [2.24, 2.45) is 5.73 Å². The van der Waals surface area contributed by atoms with Gasteiger partial charge >= 0.3 is 16.5 Å². The molecule has 0 aliphatic heterocycles. The van der Waals surface area contributed by atoms with Crippen molar-refractivity contribution in [3.8, 4) is 0 Å². The van der Waals surface area contributed by atoms with E-state index in [2.05, 4.69) is 0 Å². The lowest BCUT2D eigenvalue weighted by molar-refractivity contribution is 0.403. The van der Waals surface area contributed by atoms with E-state index in [0.29, 0.717) is 6.04 Å². The van der Waals surface area contributed by atoms with Crippen LogP contribution >= 0.6 is 16.5 Å². The second-order valence-electron chi connectivity index (χ2n) is 1.75. The summed E-state index contributed by atoms with van der Waals surface area (Å²) >= 11 is 0. The molecule has 0 fully saturated rings. The van der Waals surface area contributed by atoms with Crippen molar-refractivity contribution in [1.29, 1.82) is 0 Å². The molecular formula is C3H13NO6P2+2. The molecule has 0 atom stereocenters. The molecule has 0 heterocycles. The molecule has 0 bridgehead atoms. The molecule has 0 aliphatic carbocycles. The smallest absolute Gasteiger partial charge is 0.328 e. The second kappa shape index (κ2) is 13.6. The monoisotopic (exact) mass is 221 g/mol. The van der Waals surface area contributed by atoms with Gasteiger partial charge in [0.15, 0.2) is 0 Å². The molecule has 0 saturated carbocycles. The molecule has 0 saturated heterocycles. The molecule has 0 radical (unpaired) electrons. The maximum absolute atomic E-state index is 8.70. The quantitative estimate of drug-likeness (QED) is 0.350. The first-order valence-corrected chi connectivity index (χ1v) is 4.98. The molecule has 0 aliphatic rings. The van der Waals surface area contributed by atoms with E-state index in [1.165, 1.54) is 0 Å². The topological polar surface area (TPSA) is 141 Å². The predicted molar refractivity (Wildman–Crippen MR) is 43.4 cm³/mol. The van der Waals surface area contributed by atoms with E-state index in [4.69, 9.17) is 34.4 Å². The Morgan fingerprint density at radius 1 is 1.00 bits per heavy atom. The minimum Gasteiger partial charge on any atom is -0.328 e. The number of hydrogen-bond acceptors (Lipinski definition) is 3. The predicted octanol–water partition coefficient (Wildman–Crippen LogP) is -0.390. The van der Waals surface area contributed by atoms with Gasteiger partial charge < -0.3 is 5.73 Å². The van der Waals surface area contributed by atoms with Crippen molar-refractivity contribution < 1.29 is 28.7 Å². The third-order valence-corrected chi connectivity index (χ3v) is 0. The average molecular weight is 221 g/mol. The van der Waals surface area contributed by atoms with Crippen molar-refractivity contribution in [2.75, 3.05) is 0 Å². The van der Waals surface area contributed by atoms with Crippen LogP contribution in [0.15, 0.2) is 0 Å². The number of nitrogens with two attached hydrogens (primary N) is 1. The summed E-state index contributed by atoms with van der Waals surface area (Å²) in [5, 5.41) is 0. The summed E-state index contributed by atoms with van der Waals surface area (Å²) in [5.74, 6) is 0. The molecule has 0 aromatic rings. The summed E-state index contributed by atoms with van der Waals surface area (Å²) in [4.78, 5) is 28.5. The van der Waals surface area contributed by atoms with Crippen molar-refractivity contribution >= 4 is 16.5 Å². The lowest BCUT2D eigenvalue weighted by atomic mass is 10.5. The zero-order valence-corrected chi connectivity index (χ0v) is 8.44. The van der Waals surface area contributed by atoms with Crippen molar-refractivity contribution in [2.45, 2.75) is 19.9 Å². The Morgan fingerprint density at radius 2 is 1.00 bits per heavy atom. The Hall–Kier alpha value is -0.0000000000000000416. The van der Waals surface area contributed by atoms with Gasteiger partial charge in [0.1, 0.15) is 0 Å². The minimum absolute atomic E-state index is 0.333. The Balaban J connectivity index is -0.000000101. The highest BCUT2D eigenvalue weighted by molar-refractivity contribution is 7.31. The molecule has 12 heavy (non-hydrogen) atoms. The molecule has 0 aromatic heterocycles. The van der Waals surface area contributed by atoms with Gasteiger partial charge in [0.05, 0.1) is 0 Å². The molecule has 74 valence electrons. The van der Waals surface area contributed by atoms with Crippen LogP contribution in [-0.4, -0.2) is 25.6 Å². The third kappa shape index (κ3) is 466999999999999990148073183141429248. The summed E-state index contributed by atoms with van der Waals surface area (Å²) in [7, 11) is -5.74. The van der Waals surface area contributed by atoms with Gasteiger partial charge in [-0.3, -0.25) is 0 Å². The van der Waals surface area contributed by atoms with Gasteiger partial charge in [0.25, 0.3) is 0 Å². The Kier molecular flexibility index (Phi) is 20.3. The van der Waals surface area contributed by atoms with Crippen LogP contribution in [0, 0.1) is 0 Å². The Bertz CT molecular complexity index is 105. The van der Waals surface area contributed by atoms with E-state index in [-0.39, 0.29) is 0 Å². The summed E-state index contributed by atoms with van der Waals surface area (Å²) < 4.78 is 17.4. The first-order chi connectivity index (χ1) is 5.20. The van der Waals surface area contributed by atoms with Gasteiger partial charge in [0, 0.05) is 9.13 Å². The molecule has 6 N–H and O–H groups in total. The normalized spacial score (nSPS) is 7.33. The van der Waals surface area contributed by atoms with E-state index in [1.807, 2.05) is 13.8 Å². The van der Waals surface area contributed by atoms with Gasteiger partial charge in [-0.05, 0) is 6.04 Å². The molecule has 0 spiro atoms. The second-order valence-corrected chi connectivity index (χ2v) is 2.76. The van der Waals surface area contributed by atoms with Crippen LogP contribution in [0.2, 0.25) is 0 Å². The van der Waals surface area contributed by atoms with Gasteiger partial charge in [-0.1, -0.05) is 13.8 Å². The fourth-order valence-corrected chi connectivity index (χ4v) is 0. The summed E-state index contributed by atoms with van der Waals surface area (Å²) in [5.41, 5.74) is 5.11. The molecule has 0 aromatic carbocycles. The van der Waals surface area contributed by atoms with E-state index < -0.39 is 16.5 Å². The molecule has 9 heteroatoms. The Labute approximate surface area is 71.8 Å². The molecular weight excluding hydrogens is 208 g/mol. The van der Waals surface area contributed by atoms with Crippen LogP contribution in [0.4, 0.5) is 0 Å². The average Bonchev–Trinajstić information content (AvgIpc) is 1.54. The molecule has 0 rings (SSSR count). The number of rotatable bonds is 0. The maximum atomic E-state index is 8.70. The fourth-order valence-electron chi connectivity index (χ4n) is 0. The molecule has 0 unspecified atom stereocenters. The van der Waals surface area contributed by atoms with Gasteiger partial charge in [-0.2, -0.15) is 0 Å². The summed E-state index contributed by atoms with van der Waals surface area (Å²) in [6, 6.07) is 0.333. The van der Waals surface area contributed by atoms with Gasteiger partial charge in [0.2, 0.25) is 0 Å². The van der Waals surface area contributed by atoms with E-state index >= 15 is 0 Å². The maximum Gasteiger partial charge on any atom is 0.692 e. The first-order valence-electron chi connectivity index (χ1n) is 2.65. The SMILES string of the molecule is CC(C)N.O=[P+](O)O.O=[P+](O)O. The van der Waals surface area contributed by atoms with Crippen LogP contribution in [0.5, 0.6) is 0 Å². The largest absolute Gasteiger partial charge is 0.692 e. The third-order valence-electron chi connectivity index (χ3n) is 0. The minimum atomic E-state index is -2.87. The van der Waals surface area contributed by atoms with Gasteiger partial charge in [-0.25, -0.2) is 0 Å². The zero-order chi connectivity index (χ0) is 10.7. The van der Waals surface area contributed by atoms with Crippen LogP contribution in [0.3, 0.4) is 0 Å². The highest BCUT2D eigenvalue weighted by Gasteiger charge is 1.93. The van der Waals surface area contributed by atoms with E-state index in [9.17, 15) is 0 Å². The molecule has 7 nitrogen and oxygen atoms in total.